The molecule has 0 atom stereocenters. The predicted octanol–water partition coefficient (Wildman–Crippen LogP) is 7.91. The fourth-order valence-electron chi connectivity index (χ4n) is 6.08. The normalized spacial score (nSPS) is 16.1. The Morgan fingerprint density at radius 3 is 1.83 bits per heavy atom. The topological polar surface area (TPSA) is 0 Å². The lowest BCUT2D eigenvalue weighted by Gasteiger charge is -2.22. The molecule has 5 aromatic rings. The van der Waals surface area contributed by atoms with Gasteiger partial charge in [0.05, 0.1) is 0 Å². The first-order valence-electron chi connectivity index (χ1n) is 12.5. The fourth-order valence-corrected chi connectivity index (χ4v) is 6.84. The van der Waals surface area contributed by atoms with Crippen molar-refractivity contribution in [3.63, 3.8) is 0 Å². The van der Waals surface area contributed by atoms with Gasteiger partial charge in [-0.3, -0.25) is 0 Å². The van der Waals surface area contributed by atoms with Crippen LogP contribution >= 0.6 is 22.6 Å². The van der Waals surface area contributed by atoms with Gasteiger partial charge < -0.3 is 0 Å². The van der Waals surface area contributed by atoms with E-state index in [1.54, 1.807) is 16.7 Å². The van der Waals surface area contributed by atoms with E-state index in [0.29, 0.717) is 0 Å². The van der Waals surface area contributed by atoms with E-state index in [0.717, 1.165) is 12.8 Å². The second-order valence-corrected chi connectivity index (χ2v) is 10.8. The Labute approximate surface area is 219 Å². The highest BCUT2D eigenvalue weighted by Crippen LogP contribution is 2.34. The zero-order chi connectivity index (χ0) is 23.4. The summed E-state index contributed by atoms with van der Waals surface area (Å²) in [6.45, 7) is 0. The van der Waals surface area contributed by atoms with Crippen LogP contribution in [0.15, 0.2) is 109 Å². The second kappa shape index (κ2) is 8.49. The van der Waals surface area contributed by atoms with E-state index in [9.17, 15) is 0 Å². The molecule has 0 N–H and O–H groups in total. The van der Waals surface area contributed by atoms with Crippen LogP contribution in [0.1, 0.15) is 24.0 Å². The summed E-state index contributed by atoms with van der Waals surface area (Å²) >= 11 is 2.46. The van der Waals surface area contributed by atoms with Gasteiger partial charge in [-0.2, -0.15) is 0 Å². The molecule has 168 valence electrons. The smallest absolute Gasteiger partial charge is 0.0202 e. The molecule has 0 saturated heterocycles. The molecule has 0 saturated carbocycles. The standard InChI is InChI=1S/C18H15I.C16H10/c19-18-7-3-6-14-16-9-8-12-4-1-2-5-13(12)15(16)10-11-17(14)18;1-3-11-7-9-13-5-2-6-14-10-8-12(4-1)15(11)16(13)14/h1,3-4,7-8,10-11H,2,5-6,9H2;1-10H. The van der Waals surface area contributed by atoms with Gasteiger partial charge in [0.2, 0.25) is 0 Å². The van der Waals surface area contributed by atoms with Crippen molar-refractivity contribution in [3.05, 3.63) is 130 Å². The van der Waals surface area contributed by atoms with E-state index in [4.69, 9.17) is 0 Å². The molecule has 3 aliphatic rings. The number of fused-ring (bicyclic) bond motifs is 4. The van der Waals surface area contributed by atoms with E-state index >= 15 is 0 Å². The van der Waals surface area contributed by atoms with Crippen molar-refractivity contribution < 1.29 is 0 Å². The van der Waals surface area contributed by atoms with E-state index in [1.807, 2.05) is 0 Å². The van der Waals surface area contributed by atoms with E-state index < -0.39 is 0 Å². The van der Waals surface area contributed by atoms with Gasteiger partial charge in [-0.15, -0.1) is 0 Å². The molecule has 0 bridgehead atoms. The highest BCUT2D eigenvalue weighted by atomic mass is 127. The molecular formula is C34H25I. The van der Waals surface area contributed by atoms with Crippen LogP contribution in [0, 0.1) is 0 Å². The lowest BCUT2D eigenvalue weighted by atomic mass is 9.83. The number of hydrogen-bond donors (Lipinski definition) is 0. The molecule has 0 radical (unpaired) electrons. The third-order valence-corrected chi connectivity index (χ3v) is 8.67. The molecule has 0 spiro atoms. The minimum Gasteiger partial charge on any atom is -0.0836 e. The molecule has 0 nitrogen and oxygen atoms in total. The average molecular weight is 560 g/mol. The Morgan fingerprint density at radius 1 is 0.571 bits per heavy atom. The van der Waals surface area contributed by atoms with Gasteiger partial charge in [0.15, 0.2) is 0 Å². The first-order chi connectivity index (χ1) is 17.3. The molecule has 0 aliphatic heterocycles. The van der Waals surface area contributed by atoms with Crippen LogP contribution < -0.4 is 10.4 Å². The third-order valence-electron chi connectivity index (χ3n) is 7.73. The summed E-state index contributed by atoms with van der Waals surface area (Å²) in [5.41, 5.74) is 6.16. The van der Waals surface area contributed by atoms with Gasteiger partial charge in [-0.05, 0) is 113 Å². The predicted molar refractivity (Wildman–Crippen MR) is 160 cm³/mol. The maximum absolute atomic E-state index is 2.46. The summed E-state index contributed by atoms with van der Waals surface area (Å²) in [6.07, 6.45) is 16.1. The van der Waals surface area contributed by atoms with Crippen molar-refractivity contribution in [1.82, 2.24) is 0 Å². The highest BCUT2D eigenvalue weighted by Gasteiger charge is 2.17. The lowest BCUT2D eigenvalue weighted by Crippen LogP contribution is -2.27. The van der Waals surface area contributed by atoms with Crippen molar-refractivity contribution in [3.8, 4) is 0 Å². The SMILES string of the molecule is IC1=c2ccc3c(c2CC=C1)CC=C1C=CCCC=31.c1cc2ccc3cccc4ccc(c1)c2c34. The molecule has 0 heterocycles. The van der Waals surface area contributed by atoms with Crippen LogP contribution in [0.2, 0.25) is 0 Å². The molecular weight excluding hydrogens is 535 g/mol. The van der Waals surface area contributed by atoms with E-state index in [2.05, 4.69) is 126 Å². The number of rotatable bonds is 0. The summed E-state index contributed by atoms with van der Waals surface area (Å²) in [7, 11) is 0. The van der Waals surface area contributed by atoms with Gasteiger partial charge in [-0.25, -0.2) is 0 Å². The Bertz CT molecular complexity index is 1720. The molecule has 8 rings (SSSR count). The average Bonchev–Trinajstić information content (AvgIpc) is 2.92. The third kappa shape index (κ3) is 3.48. The van der Waals surface area contributed by atoms with Crippen LogP contribution in [0.4, 0.5) is 0 Å². The minimum atomic E-state index is 1.09. The van der Waals surface area contributed by atoms with Gasteiger partial charge in [0.25, 0.3) is 0 Å². The first-order valence-corrected chi connectivity index (χ1v) is 13.6. The van der Waals surface area contributed by atoms with Gasteiger partial charge >= 0.3 is 0 Å². The second-order valence-electron chi connectivity index (χ2n) is 9.65. The maximum atomic E-state index is 2.46. The summed E-state index contributed by atoms with van der Waals surface area (Å²) in [5.74, 6) is 0. The Kier molecular flexibility index (Phi) is 5.13. The number of halogens is 1. The minimum absolute atomic E-state index is 1.09. The van der Waals surface area contributed by atoms with Crippen molar-refractivity contribution in [2.24, 2.45) is 0 Å². The molecule has 1 heteroatoms. The van der Waals surface area contributed by atoms with E-state index in [1.165, 1.54) is 64.7 Å². The van der Waals surface area contributed by atoms with Crippen molar-refractivity contribution >= 4 is 64.1 Å². The van der Waals surface area contributed by atoms with E-state index in [-0.39, 0.29) is 0 Å². The summed E-state index contributed by atoms with van der Waals surface area (Å²) in [4.78, 5) is 0. The largest absolute Gasteiger partial charge is 0.0836 e. The Morgan fingerprint density at radius 2 is 1.17 bits per heavy atom. The quantitative estimate of drug-likeness (QED) is 0.133. The van der Waals surface area contributed by atoms with Crippen molar-refractivity contribution in [2.45, 2.75) is 25.7 Å². The molecule has 0 aromatic heterocycles. The van der Waals surface area contributed by atoms with Crippen LogP contribution in [0.25, 0.3) is 41.5 Å². The van der Waals surface area contributed by atoms with Crippen molar-refractivity contribution in [2.75, 3.05) is 0 Å². The zero-order valence-corrected chi connectivity index (χ0v) is 21.7. The monoisotopic (exact) mass is 560 g/mol. The summed E-state index contributed by atoms with van der Waals surface area (Å²) in [5, 5.41) is 11.1. The molecule has 0 unspecified atom stereocenters. The number of hydrogen-bond acceptors (Lipinski definition) is 0. The summed E-state index contributed by atoms with van der Waals surface area (Å²) in [6, 6.07) is 26.5. The van der Waals surface area contributed by atoms with Gasteiger partial charge in [0.1, 0.15) is 0 Å². The van der Waals surface area contributed by atoms with Gasteiger partial charge in [-0.1, -0.05) is 103 Å². The van der Waals surface area contributed by atoms with Crippen LogP contribution in [0.3, 0.4) is 0 Å². The lowest BCUT2D eigenvalue weighted by molar-refractivity contribution is 1.000. The van der Waals surface area contributed by atoms with Gasteiger partial charge in [0, 0.05) is 3.58 Å². The maximum Gasteiger partial charge on any atom is 0.0202 e. The number of benzene rings is 5. The Hall–Kier alpha value is -3.17. The van der Waals surface area contributed by atoms with Crippen LogP contribution in [-0.2, 0) is 12.8 Å². The molecule has 0 amide bonds. The molecule has 3 aliphatic carbocycles. The zero-order valence-electron chi connectivity index (χ0n) is 19.5. The summed E-state index contributed by atoms with van der Waals surface area (Å²) < 4.78 is 1.38. The fraction of sp³-hybridized carbons (Fsp3) is 0.118. The highest BCUT2D eigenvalue weighted by molar-refractivity contribution is 14.1. The number of allylic oxidation sites excluding steroid dienone is 6. The van der Waals surface area contributed by atoms with Crippen molar-refractivity contribution in [1.29, 1.82) is 0 Å². The van der Waals surface area contributed by atoms with Crippen LogP contribution in [-0.4, -0.2) is 0 Å². The molecule has 35 heavy (non-hydrogen) atoms. The molecule has 0 fully saturated rings. The Balaban J connectivity index is 0.000000122. The van der Waals surface area contributed by atoms with Crippen LogP contribution in [0.5, 0.6) is 0 Å². The first kappa shape index (κ1) is 21.1. The molecule has 5 aromatic carbocycles.